The van der Waals surface area contributed by atoms with Gasteiger partial charge in [-0.2, -0.15) is 0 Å². The number of carboxylic acid groups (broad SMARTS) is 1. The summed E-state index contributed by atoms with van der Waals surface area (Å²) in [5.41, 5.74) is 1.48. The van der Waals surface area contributed by atoms with Gasteiger partial charge < -0.3 is 9.67 Å². The number of carboxylic acids is 1. The summed E-state index contributed by atoms with van der Waals surface area (Å²) in [5.74, 6) is -0.970. The smallest absolute Gasteiger partial charge is 0.372 e. The van der Waals surface area contributed by atoms with Crippen LogP contribution in [-0.4, -0.2) is 20.6 Å². The number of para-hydroxylation sites is 1. The van der Waals surface area contributed by atoms with E-state index in [1.54, 1.807) is 11.6 Å². The lowest BCUT2D eigenvalue weighted by Gasteiger charge is -1.96. The number of aryl methyl sites for hydroxylation is 1. The van der Waals surface area contributed by atoms with Crippen molar-refractivity contribution in [1.29, 1.82) is 0 Å². The highest BCUT2D eigenvalue weighted by Crippen LogP contribution is 2.23. The van der Waals surface area contributed by atoms with Gasteiger partial charge in [-0.3, -0.25) is 0 Å². The minimum atomic E-state index is -1.02. The van der Waals surface area contributed by atoms with Crippen molar-refractivity contribution in [3.05, 3.63) is 28.5 Å². The van der Waals surface area contributed by atoms with Crippen molar-refractivity contribution in [2.24, 2.45) is 7.05 Å². The van der Waals surface area contributed by atoms with E-state index < -0.39 is 5.97 Å². The van der Waals surface area contributed by atoms with Crippen LogP contribution in [0.4, 0.5) is 0 Å². The molecule has 14 heavy (non-hydrogen) atoms. The monoisotopic (exact) mass is 254 g/mol. The zero-order valence-electron chi connectivity index (χ0n) is 7.36. The first-order valence-electron chi connectivity index (χ1n) is 3.95. The van der Waals surface area contributed by atoms with Gasteiger partial charge in [-0.05, 0) is 28.1 Å². The lowest BCUT2D eigenvalue weighted by Crippen LogP contribution is -2.05. The number of aromatic carboxylic acids is 1. The topological polar surface area (TPSA) is 55.1 Å². The molecule has 0 bridgehead atoms. The van der Waals surface area contributed by atoms with Crippen molar-refractivity contribution in [2.45, 2.75) is 0 Å². The SMILES string of the molecule is Cn1c(C(=O)O)nc2c(Br)cccc21. The lowest BCUT2D eigenvalue weighted by atomic mass is 10.3. The molecule has 0 fully saturated rings. The summed E-state index contributed by atoms with van der Waals surface area (Å²) in [5, 5.41) is 8.86. The quantitative estimate of drug-likeness (QED) is 0.848. The molecule has 0 saturated heterocycles. The van der Waals surface area contributed by atoms with Crippen molar-refractivity contribution in [3.8, 4) is 0 Å². The number of rotatable bonds is 1. The number of fused-ring (bicyclic) bond motifs is 1. The highest BCUT2D eigenvalue weighted by molar-refractivity contribution is 9.10. The molecule has 1 N–H and O–H groups in total. The van der Waals surface area contributed by atoms with Crippen molar-refractivity contribution in [3.63, 3.8) is 0 Å². The van der Waals surface area contributed by atoms with Gasteiger partial charge in [0.05, 0.1) is 5.52 Å². The summed E-state index contributed by atoms with van der Waals surface area (Å²) in [7, 11) is 1.69. The van der Waals surface area contributed by atoms with Gasteiger partial charge in [-0.15, -0.1) is 0 Å². The van der Waals surface area contributed by atoms with Crippen LogP contribution in [0.2, 0.25) is 0 Å². The molecular weight excluding hydrogens is 248 g/mol. The van der Waals surface area contributed by atoms with Crippen LogP contribution in [0.5, 0.6) is 0 Å². The maximum atomic E-state index is 10.8. The maximum absolute atomic E-state index is 10.8. The molecule has 0 aliphatic heterocycles. The third-order valence-electron chi connectivity index (χ3n) is 2.05. The third kappa shape index (κ3) is 1.21. The molecule has 0 amide bonds. The zero-order valence-corrected chi connectivity index (χ0v) is 8.95. The Hall–Kier alpha value is -1.36. The highest BCUT2D eigenvalue weighted by Gasteiger charge is 2.14. The molecule has 5 heteroatoms. The van der Waals surface area contributed by atoms with E-state index in [2.05, 4.69) is 20.9 Å². The van der Waals surface area contributed by atoms with Crippen LogP contribution in [0.3, 0.4) is 0 Å². The minimum Gasteiger partial charge on any atom is -0.475 e. The van der Waals surface area contributed by atoms with Gasteiger partial charge in [-0.1, -0.05) is 6.07 Å². The Morgan fingerprint density at radius 3 is 2.86 bits per heavy atom. The van der Waals surface area contributed by atoms with Crippen LogP contribution in [0.15, 0.2) is 22.7 Å². The second-order valence-electron chi connectivity index (χ2n) is 2.91. The highest BCUT2D eigenvalue weighted by atomic mass is 79.9. The molecule has 2 aromatic rings. The van der Waals surface area contributed by atoms with Gasteiger partial charge in [0.2, 0.25) is 5.82 Å². The fourth-order valence-electron chi connectivity index (χ4n) is 1.37. The lowest BCUT2D eigenvalue weighted by molar-refractivity contribution is 0.0680. The number of nitrogens with zero attached hydrogens (tertiary/aromatic N) is 2. The van der Waals surface area contributed by atoms with E-state index in [1.165, 1.54) is 0 Å². The number of hydrogen-bond acceptors (Lipinski definition) is 2. The first-order chi connectivity index (χ1) is 6.61. The summed E-state index contributed by atoms with van der Waals surface area (Å²) in [6.45, 7) is 0. The Labute approximate surface area is 88.3 Å². The Morgan fingerprint density at radius 2 is 2.29 bits per heavy atom. The molecule has 0 atom stereocenters. The van der Waals surface area contributed by atoms with E-state index in [9.17, 15) is 4.79 Å². The molecule has 1 aromatic heterocycles. The van der Waals surface area contributed by atoms with Gasteiger partial charge in [-0.25, -0.2) is 9.78 Å². The van der Waals surface area contributed by atoms with Crippen molar-refractivity contribution in [2.75, 3.05) is 0 Å². The summed E-state index contributed by atoms with van der Waals surface area (Å²) >= 11 is 3.32. The van der Waals surface area contributed by atoms with Gasteiger partial charge in [0, 0.05) is 11.5 Å². The Bertz CT molecular complexity index is 519. The molecule has 1 heterocycles. The van der Waals surface area contributed by atoms with Gasteiger partial charge >= 0.3 is 5.97 Å². The number of halogens is 1. The Morgan fingerprint density at radius 1 is 1.57 bits per heavy atom. The van der Waals surface area contributed by atoms with E-state index in [4.69, 9.17) is 5.11 Å². The Balaban J connectivity index is 2.86. The van der Waals surface area contributed by atoms with E-state index in [0.29, 0.717) is 5.52 Å². The van der Waals surface area contributed by atoms with E-state index >= 15 is 0 Å². The molecular formula is C9H7BrN2O2. The molecule has 72 valence electrons. The summed E-state index contributed by atoms with van der Waals surface area (Å²) in [4.78, 5) is 14.8. The van der Waals surface area contributed by atoms with Crippen LogP contribution >= 0.6 is 15.9 Å². The first-order valence-corrected chi connectivity index (χ1v) is 4.75. The summed E-state index contributed by atoms with van der Waals surface area (Å²) in [6, 6.07) is 5.51. The largest absolute Gasteiger partial charge is 0.475 e. The number of benzene rings is 1. The zero-order chi connectivity index (χ0) is 10.3. The number of hydrogen-bond donors (Lipinski definition) is 1. The van der Waals surface area contributed by atoms with Gasteiger partial charge in [0.15, 0.2) is 0 Å². The second-order valence-corrected chi connectivity index (χ2v) is 3.76. The van der Waals surface area contributed by atoms with E-state index in [1.807, 2.05) is 18.2 Å². The molecule has 0 aliphatic carbocycles. The van der Waals surface area contributed by atoms with Crippen LogP contribution in [0.1, 0.15) is 10.6 Å². The molecule has 0 spiro atoms. The summed E-state index contributed by atoms with van der Waals surface area (Å²) < 4.78 is 2.36. The molecule has 0 aliphatic rings. The molecule has 0 unspecified atom stereocenters. The van der Waals surface area contributed by atoms with Crippen LogP contribution in [-0.2, 0) is 7.05 Å². The van der Waals surface area contributed by atoms with Crippen LogP contribution < -0.4 is 0 Å². The molecule has 2 rings (SSSR count). The van der Waals surface area contributed by atoms with Crippen molar-refractivity contribution >= 4 is 32.9 Å². The number of aromatic nitrogens is 2. The first kappa shape index (κ1) is 9.21. The summed E-state index contributed by atoms with van der Waals surface area (Å²) in [6.07, 6.45) is 0. The fourth-order valence-corrected chi connectivity index (χ4v) is 1.82. The van der Waals surface area contributed by atoms with Crippen molar-refractivity contribution in [1.82, 2.24) is 9.55 Å². The standard InChI is InChI=1S/C9H7BrN2O2/c1-12-6-4-2-3-5(10)7(6)11-8(12)9(13)14/h2-4H,1H3,(H,13,14). The van der Waals surface area contributed by atoms with E-state index in [0.717, 1.165) is 9.99 Å². The van der Waals surface area contributed by atoms with Crippen LogP contribution in [0, 0.1) is 0 Å². The molecule has 1 aromatic carbocycles. The number of imidazole rings is 1. The van der Waals surface area contributed by atoms with Gasteiger partial charge in [0.1, 0.15) is 5.52 Å². The Kier molecular flexibility index (Phi) is 2.03. The molecule has 0 saturated carbocycles. The number of carbonyl (C=O) groups is 1. The fraction of sp³-hybridized carbons (Fsp3) is 0.111. The second kappa shape index (κ2) is 3.09. The average Bonchev–Trinajstić information content (AvgIpc) is 2.46. The average molecular weight is 255 g/mol. The van der Waals surface area contributed by atoms with E-state index in [-0.39, 0.29) is 5.82 Å². The normalized spacial score (nSPS) is 10.7. The molecule has 4 nitrogen and oxygen atoms in total. The predicted octanol–water partition coefficient (Wildman–Crippen LogP) is 2.03. The minimum absolute atomic E-state index is 0.0481. The van der Waals surface area contributed by atoms with Crippen LogP contribution in [0.25, 0.3) is 11.0 Å². The third-order valence-corrected chi connectivity index (χ3v) is 2.69. The van der Waals surface area contributed by atoms with Gasteiger partial charge in [0.25, 0.3) is 0 Å². The molecule has 0 radical (unpaired) electrons. The maximum Gasteiger partial charge on any atom is 0.372 e. The van der Waals surface area contributed by atoms with Crippen molar-refractivity contribution < 1.29 is 9.90 Å². The predicted molar refractivity (Wildman–Crippen MR) is 55.4 cm³/mol.